The van der Waals surface area contributed by atoms with Crippen molar-refractivity contribution >= 4 is 28.6 Å². The van der Waals surface area contributed by atoms with Crippen LogP contribution in [0.25, 0.3) is 0 Å². The highest BCUT2D eigenvalue weighted by atomic mass is 127. The molecule has 0 unspecified atom stereocenters. The minimum absolute atomic E-state index is 0.0295. The lowest BCUT2D eigenvalue weighted by Crippen LogP contribution is -2.70. The van der Waals surface area contributed by atoms with Gasteiger partial charge >= 0.3 is 5.97 Å². The number of esters is 1. The van der Waals surface area contributed by atoms with E-state index in [1.165, 1.54) is 19.3 Å². The number of hydrogen-bond acceptors (Lipinski definition) is 2. The van der Waals surface area contributed by atoms with Gasteiger partial charge in [-0.1, -0.05) is 22.6 Å². The molecule has 0 heterocycles. The highest BCUT2D eigenvalue weighted by molar-refractivity contribution is 14.1. The van der Waals surface area contributed by atoms with Crippen molar-refractivity contribution in [3.05, 3.63) is 0 Å². The molecule has 0 N–H and O–H groups in total. The van der Waals surface area contributed by atoms with Gasteiger partial charge in [0, 0.05) is 3.42 Å². The van der Waals surface area contributed by atoms with Gasteiger partial charge in [-0.3, -0.25) is 4.79 Å². The van der Waals surface area contributed by atoms with E-state index in [0.29, 0.717) is 3.42 Å². The fourth-order valence-corrected chi connectivity index (χ4v) is 5.14. The first-order valence-corrected chi connectivity index (χ1v) is 7.00. The standard InChI is InChI=1S/C13H21IO2/c1-10(2,3)16-9(15)11(4,5)12-6-13(14,7-12)8-12/h6-8H2,1-5H3. The second kappa shape index (κ2) is 3.15. The molecule has 0 aromatic rings. The van der Waals surface area contributed by atoms with E-state index in [0.717, 1.165) is 0 Å². The number of alkyl halides is 1. The topological polar surface area (TPSA) is 26.3 Å². The Morgan fingerprint density at radius 2 is 1.56 bits per heavy atom. The van der Waals surface area contributed by atoms with E-state index >= 15 is 0 Å². The number of halogens is 1. The molecule has 3 fully saturated rings. The second-order valence-electron chi connectivity index (χ2n) is 7.09. The van der Waals surface area contributed by atoms with Crippen molar-refractivity contribution in [3.63, 3.8) is 0 Å². The lowest BCUT2D eigenvalue weighted by Gasteiger charge is -2.73. The summed E-state index contributed by atoms with van der Waals surface area (Å²) in [4.78, 5) is 12.2. The summed E-state index contributed by atoms with van der Waals surface area (Å²) in [5, 5.41) is 0. The van der Waals surface area contributed by atoms with Crippen molar-refractivity contribution in [3.8, 4) is 0 Å². The van der Waals surface area contributed by atoms with Crippen molar-refractivity contribution in [2.24, 2.45) is 10.8 Å². The van der Waals surface area contributed by atoms with Crippen LogP contribution in [0.3, 0.4) is 0 Å². The normalized spacial score (nSPS) is 37.4. The summed E-state index contributed by atoms with van der Waals surface area (Å²) in [5.41, 5.74) is -0.469. The highest BCUT2D eigenvalue weighted by Gasteiger charge is 2.73. The molecule has 16 heavy (non-hydrogen) atoms. The Morgan fingerprint density at radius 3 is 1.88 bits per heavy atom. The largest absolute Gasteiger partial charge is 0.460 e. The van der Waals surface area contributed by atoms with Gasteiger partial charge in [0.25, 0.3) is 0 Å². The van der Waals surface area contributed by atoms with Gasteiger partial charge in [-0.15, -0.1) is 0 Å². The summed E-state index contributed by atoms with van der Waals surface area (Å²) in [5.74, 6) is -0.0295. The number of ether oxygens (including phenoxy) is 1. The van der Waals surface area contributed by atoms with Crippen molar-refractivity contribution < 1.29 is 9.53 Å². The Kier molecular flexibility index (Phi) is 2.49. The maximum Gasteiger partial charge on any atom is 0.312 e. The third-order valence-corrected chi connectivity index (χ3v) is 5.34. The summed E-state index contributed by atoms with van der Waals surface area (Å²) < 4.78 is 6.05. The van der Waals surface area contributed by atoms with Gasteiger partial charge < -0.3 is 4.74 Å². The lowest BCUT2D eigenvalue weighted by molar-refractivity contribution is -0.204. The molecule has 3 aliphatic rings. The van der Waals surface area contributed by atoms with Gasteiger partial charge in [-0.25, -0.2) is 0 Å². The smallest absolute Gasteiger partial charge is 0.312 e. The van der Waals surface area contributed by atoms with Crippen molar-refractivity contribution in [2.75, 3.05) is 0 Å². The van der Waals surface area contributed by atoms with Crippen LogP contribution in [0, 0.1) is 10.8 Å². The summed E-state index contributed by atoms with van der Waals surface area (Å²) >= 11 is 2.54. The van der Waals surface area contributed by atoms with E-state index in [1.54, 1.807) is 0 Å². The summed E-state index contributed by atoms with van der Waals surface area (Å²) in [6, 6.07) is 0. The van der Waals surface area contributed by atoms with E-state index in [-0.39, 0.29) is 22.4 Å². The minimum atomic E-state index is -0.375. The fourth-order valence-electron chi connectivity index (χ4n) is 2.95. The van der Waals surface area contributed by atoms with E-state index in [4.69, 9.17) is 4.74 Å². The third-order valence-electron chi connectivity index (χ3n) is 4.20. The van der Waals surface area contributed by atoms with E-state index in [9.17, 15) is 4.79 Å². The molecule has 0 spiro atoms. The first-order chi connectivity index (χ1) is 7.00. The quantitative estimate of drug-likeness (QED) is 0.437. The summed E-state index contributed by atoms with van der Waals surface area (Å²) in [6.07, 6.45) is 3.56. The first-order valence-electron chi connectivity index (χ1n) is 5.92. The fraction of sp³-hybridized carbons (Fsp3) is 0.923. The van der Waals surface area contributed by atoms with Gasteiger partial charge in [0.2, 0.25) is 0 Å². The summed E-state index contributed by atoms with van der Waals surface area (Å²) in [7, 11) is 0. The zero-order valence-corrected chi connectivity index (χ0v) is 13.0. The molecule has 0 radical (unpaired) electrons. The monoisotopic (exact) mass is 336 g/mol. The van der Waals surface area contributed by atoms with Crippen LogP contribution in [-0.2, 0) is 9.53 Å². The first kappa shape index (κ1) is 12.7. The Bertz CT molecular complexity index is 319. The minimum Gasteiger partial charge on any atom is -0.460 e. The Labute approximate surface area is 112 Å². The van der Waals surface area contributed by atoms with Gasteiger partial charge in [0.05, 0.1) is 5.41 Å². The van der Waals surface area contributed by atoms with E-state index in [2.05, 4.69) is 36.4 Å². The van der Waals surface area contributed by atoms with Crippen LogP contribution in [0.15, 0.2) is 0 Å². The number of rotatable bonds is 2. The van der Waals surface area contributed by atoms with Crippen molar-refractivity contribution in [1.29, 1.82) is 0 Å². The zero-order chi connectivity index (χ0) is 12.4. The third kappa shape index (κ3) is 1.70. The van der Waals surface area contributed by atoms with Crippen LogP contribution in [-0.4, -0.2) is 15.0 Å². The molecule has 3 aliphatic carbocycles. The molecule has 3 saturated carbocycles. The number of carbonyl (C=O) groups excluding carboxylic acids is 1. The van der Waals surface area contributed by atoms with Gasteiger partial charge in [-0.2, -0.15) is 0 Å². The van der Waals surface area contributed by atoms with Crippen LogP contribution < -0.4 is 0 Å². The van der Waals surface area contributed by atoms with Gasteiger partial charge in [0.1, 0.15) is 5.60 Å². The van der Waals surface area contributed by atoms with Crippen LogP contribution in [0.4, 0.5) is 0 Å². The van der Waals surface area contributed by atoms with E-state index < -0.39 is 0 Å². The molecule has 3 rings (SSSR count). The van der Waals surface area contributed by atoms with Gasteiger partial charge in [-0.05, 0) is 59.3 Å². The lowest BCUT2D eigenvalue weighted by atomic mass is 9.36. The van der Waals surface area contributed by atoms with Crippen LogP contribution in [0.2, 0.25) is 0 Å². The van der Waals surface area contributed by atoms with Crippen LogP contribution >= 0.6 is 22.6 Å². The molecule has 0 atom stereocenters. The molecule has 0 saturated heterocycles. The molecular formula is C13H21IO2. The van der Waals surface area contributed by atoms with Crippen molar-refractivity contribution in [1.82, 2.24) is 0 Å². The highest BCUT2D eigenvalue weighted by Crippen LogP contribution is 2.78. The summed E-state index contributed by atoms with van der Waals surface area (Å²) in [6.45, 7) is 9.90. The molecule has 2 nitrogen and oxygen atoms in total. The second-order valence-corrected chi connectivity index (χ2v) is 9.38. The van der Waals surface area contributed by atoms with E-state index in [1.807, 2.05) is 20.8 Å². The number of carbonyl (C=O) groups is 1. The molecule has 0 aliphatic heterocycles. The SMILES string of the molecule is CC(C)(C)OC(=O)C(C)(C)C12CC(I)(C1)C2. The Balaban J connectivity index is 2.06. The van der Waals surface area contributed by atoms with Crippen LogP contribution in [0.5, 0.6) is 0 Å². The molecule has 0 amide bonds. The maximum absolute atomic E-state index is 12.2. The van der Waals surface area contributed by atoms with Crippen LogP contribution in [0.1, 0.15) is 53.9 Å². The van der Waals surface area contributed by atoms with Crippen molar-refractivity contribution in [2.45, 2.75) is 62.9 Å². The molecule has 0 aromatic heterocycles. The average molecular weight is 336 g/mol. The maximum atomic E-state index is 12.2. The molecule has 3 heteroatoms. The predicted molar refractivity (Wildman–Crippen MR) is 72.7 cm³/mol. The average Bonchev–Trinajstić information content (AvgIpc) is 1.93. The molecular weight excluding hydrogens is 315 g/mol. The zero-order valence-electron chi connectivity index (χ0n) is 10.8. The Hall–Kier alpha value is 0.200. The van der Waals surface area contributed by atoms with Gasteiger partial charge in [0.15, 0.2) is 0 Å². The molecule has 92 valence electrons. The Morgan fingerprint density at radius 1 is 1.12 bits per heavy atom. The molecule has 2 bridgehead atoms. The number of hydrogen-bond donors (Lipinski definition) is 0. The predicted octanol–water partition coefficient (Wildman–Crippen LogP) is 3.71. The molecule has 0 aromatic carbocycles.